The summed E-state index contributed by atoms with van der Waals surface area (Å²) in [5, 5.41) is 5.32. The third kappa shape index (κ3) is 5.37. The average molecular weight is 398 g/mol. The molecule has 0 radical (unpaired) electrons. The summed E-state index contributed by atoms with van der Waals surface area (Å²) in [6, 6.07) is 10.8. The highest BCUT2D eigenvalue weighted by molar-refractivity contribution is 6.39. The third-order valence-corrected chi connectivity index (χ3v) is 4.99. The molecule has 0 spiro atoms. The van der Waals surface area contributed by atoms with Crippen LogP contribution in [-0.4, -0.2) is 50.7 Å². The van der Waals surface area contributed by atoms with Gasteiger partial charge in [0.1, 0.15) is 5.82 Å². The van der Waals surface area contributed by atoms with Crippen LogP contribution in [0.1, 0.15) is 12.8 Å². The zero-order valence-electron chi connectivity index (χ0n) is 16.7. The number of carbonyl (C=O) groups excluding carboxylic acids is 2. The van der Waals surface area contributed by atoms with Gasteiger partial charge in [0, 0.05) is 37.6 Å². The van der Waals surface area contributed by atoms with Crippen LogP contribution >= 0.6 is 0 Å². The number of nitrogens with zero attached hydrogens (tertiary/aromatic N) is 2. The molecule has 1 saturated heterocycles. The molecule has 2 heterocycles. The molecule has 1 aliphatic heterocycles. The summed E-state index contributed by atoms with van der Waals surface area (Å²) >= 11 is 0. The fourth-order valence-corrected chi connectivity index (χ4v) is 3.33. The van der Waals surface area contributed by atoms with E-state index in [2.05, 4.69) is 20.5 Å². The summed E-state index contributed by atoms with van der Waals surface area (Å²) in [7, 11) is 3.04. The second-order valence-corrected chi connectivity index (χ2v) is 6.85. The molecular weight excluding hydrogens is 372 g/mol. The molecule has 0 saturated carbocycles. The Hall–Kier alpha value is -3.29. The van der Waals surface area contributed by atoms with Gasteiger partial charge in [-0.25, -0.2) is 4.98 Å². The van der Waals surface area contributed by atoms with Crippen molar-refractivity contribution < 1.29 is 19.1 Å². The van der Waals surface area contributed by atoms with Gasteiger partial charge < -0.3 is 25.0 Å². The van der Waals surface area contributed by atoms with Crippen LogP contribution in [0.3, 0.4) is 0 Å². The molecule has 2 N–H and O–H groups in total. The molecule has 0 aliphatic carbocycles. The number of methoxy groups -OCH3 is 2. The number of aromatic nitrogens is 1. The number of pyridine rings is 1. The number of hydrogen-bond acceptors (Lipinski definition) is 6. The van der Waals surface area contributed by atoms with E-state index in [1.165, 1.54) is 14.2 Å². The molecule has 2 amide bonds. The highest BCUT2D eigenvalue weighted by atomic mass is 16.5. The standard InChI is InChI=1S/C21H26N4O4/c1-28-17-7-6-16(13-18(17)29-2)24-21(27)20(26)23-14-15-8-11-25(12-9-15)19-5-3-4-10-22-19/h3-7,10,13,15H,8-9,11-12,14H2,1-2H3,(H,23,26)(H,24,27). The fourth-order valence-electron chi connectivity index (χ4n) is 3.33. The first-order valence-electron chi connectivity index (χ1n) is 9.58. The largest absolute Gasteiger partial charge is 0.493 e. The average Bonchev–Trinajstić information content (AvgIpc) is 2.78. The van der Waals surface area contributed by atoms with Crippen molar-refractivity contribution in [1.29, 1.82) is 0 Å². The van der Waals surface area contributed by atoms with Crippen molar-refractivity contribution in [3.8, 4) is 11.5 Å². The van der Waals surface area contributed by atoms with Gasteiger partial charge in [0.05, 0.1) is 14.2 Å². The Morgan fingerprint density at radius 3 is 2.48 bits per heavy atom. The maximum atomic E-state index is 12.2. The molecule has 1 aromatic heterocycles. The van der Waals surface area contributed by atoms with Gasteiger partial charge in [-0.1, -0.05) is 6.07 Å². The van der Waals surface area contributed by atoms with E-state index in [1.54, 1.807) is 24.4 Å². The van der Waals surface area contributed by atoms with E-state index in [1.807, 2.05) is 18.2 Å². The van der Waals surface area contributed by atoms with Crippen molar-refractivity contribution in [3.63, 3.8) is 0 Å². The van der Waals surface area contributed by atoms with E-state index in [0.29, 0.717) is 29.6 Å². The monoisotopic (exact) mass is 398 g/mol. The van der Waals surface area contributed by atoms with Gasteiger partial charge in [-0.3, -0.25) is 9.59 Å². The number of rotatable bonds is 6. The van der Waals surface area contributed by atoms with E-state index in [4.69, 9.17) is 9.47 Å². The minimum Gasteiger partial charge on any atom is -0.493 e. The predicted octanol–water partition coefficient (Wildman–Crippen LogP) is 2.07. The van der Waals surface area contributed by atoms with Gasteiger partial charge >= 0.3 is 11.8 Å². The minimum absolute atomic E-state index is 0.341. The number of amides is 2. The molecular formula is C21H26N4O4. The Morgan fingerprint density at radius 2 is 1.83 bits per heavy atom. The summed E-state index contributed by atoms with van der Waals surface area (Å²) < 4.78 is 10.4. The number of piperidine rings is 1. The second-order valence-electron chi connectivity index (χ2n) is 6.85. The lowest BCUT2D eigenvalue weighted by molar-refractivity contribution is -0.136. The Kier molecular flexibility index (Phi) is 6.89. The fraction of sp³-hybridized carbons (Fsp3) is 0.381. The van der Waals surface area contributed by atoms with Gasteiger partial charge in [0.15, 0.2) is 11.5 Å². The van der Waals surface area contributed by atoms with Crippen LogP contribution < -0.4 is 25.0 Å². The number of nitrogens with one attached hydrogen (secondary N) is 2. The first-order chi connectivity index (χ1) is 14.1. The zero-order valence-corrected chi connectivity index (χ0v) is 16.7. The lowest BCUT2D eigenvalue weighted by Gasteiger charge is -2.32. The van der Waals surface area contributed by atoms with Gasteiger partial charge in [0.2, 0.25) is 0 Å². The molecule has 8 heteroatoms. The number of benzene rings is 1. The van der Waals surface area contributed by atoms with Crippen molar-refractivity contribution >= 4 is 23.3 Å². The summed E-state index contributed by atoms with van der Waals surface area (Å²) in [5.41, 5.74) is 0.464. The molecule has 1 aromatic carbocycles. The van der Waals surface area contributed by atoms with Crippen molar-refractivity contribution in [1.82, 2.24) is 10.3 Å². The Bertz CT molecular complexity index is 836. The van der Waals surface area contributed by atoms with E-state index >= 15 is 0 Å². The van der Waals surface area contributed by atoms with Crippen molar-refractivity contribution in [2.45, 2.75) is 12.8 Å². The van der Waals surface area contributed by atoms with Crippen LogP contribution in [0.4, 0.5) is 11.5 Å². The molecule has 0 atom stereocenters. The van der Waals surface area contributed by atoms with E-state index in [9.17, 15) is 9.59 Å². The minimum atomic E-state index is -0.705. The Labute approximate surface area is 170 Å². The summed E-state index contributed by atoms with van der Waals surface area (Å²) in [6.07, 6.45) is 3.67. The maximum Gasteiger partial charge on any atom is 0.313 e. The Morgan fingerprint density at radius 1 is 1.07 bits per heavy atom. The molecule has 0 bridgehead atoms. The maximum absolute atomic E-state index is 12.2. The highest BCUT2D eigenvalue weighted by Crippen LogP contribution is 2.29. The summed E-state index contributed by atoms with van der Waals surface area (Å²) in [4.78, 5) is 30.9. The van der Waals surface area contributed by atoms with E-state index in [0.717, 1.165) is 31.7 Å². The van der Waals surface area contributed by atoms with Crippen molar-refractivity contribution in [2.24, 2.45) is 5.92 Å². The van der Waals surface area contributed by atoms with Crippen molar-refractivity contribution in [2.75, 3.05) is 44.1 Å². The van der Waals surface area contributed by atoms with E-state index < -0.39 is 11.8 Å². The molecule has 8 nitrogen and oxygen atoms in total. The number of anilines is 2. The summed E-state index contributed by atoms with van der Waals surface area (Å²) in [6.45, 7) is 2.25. The van der Waals surface area contributed by atoms with Gasteiger partial charge in [-0.05, 0) is 43.0 Å². The SMILES string of the molecule is COc1ccc(NC(=O)C(=O)NCC2CCN(c3ccccn3)CC2)cc1OC. The van der Waals surface area contributed by atoms with Crippen LogP contribution in [0.25, 0.3) is 0 Å². The lowest BCUT2D eigenvalue weighted by atomic mass is 9.97. The zero-order chi connectivity index (χ0) is 20.6. The first kappa shape index (κ1) is 20.4. The van der Waals surface area contributed by atoms with Crippen LogP contribution in [0.15, 0.2) is 42.6 Å². The number of hydrogen-bond donors (Lipinski definition) is 2. The quantitative estimate of drug-likeness (QED) is 0.724. The smallest absolute Gasteiger partial charge is 0.313 e. The van der Waals surface area contributed by atoms with E-state index in [-0.39, 0.29) is 0 Å². The second kappa shape index (κ2) is 9.77. The molecule has 1 aliphatic rings. The molecule has 0 unspecified atom stereocenters. The number of carbonyl (C=O) groups is 2. The van der Waals surface area contributed by atoms with Crippen LogP contribution in [-0.2, 0) is 9.59 Å². The Balaban J connectivity index is 1.44. The van der Waals surface area contributed by atoms with Gasteiger partial charge in [-0.2, -0.15) is 0 Å². The molecule has 3 rings (SSSR count). The highest BCUT2D eigenvalue weighted by Gasteiger charge is 2.22. The van der Waals surface area contributed by atoms with Crippen LogP contribution in [0.5, 0.6) is 11.5 Å². The number of ether oxygens (including phenoxy) is 2. The lowest BCUT2D eigenvalue weighted by Crippen LogP contribution is -2.42. The predicted molar refractivity (Wildman–Crippen MR) is 110 cm³/mol. The van der Waals surface area contributed by atoms with Crippen molar-refractivity contribution in [3.05, 3.63) is 42.6 Å². The van der Waals surface area contributed by atoms with Gasteiger partial charge in [-0.15, -0.1) is 0 Å². The molecule has 154 valence electrons. The molecule has 29 heavy (non-hydrogen) atoms. The third-order valence-electron chi connectivity index (χ3n) is 4.99. The normalized spacial score (nSPS) is 14.2. The summed E-state index contributed by atoms with van der Waals surface area (Å²) in [5.74, 6) is 0.990. The first-order valence-corrected chi connectivity index (χ1v) is 9.58. The van der Waals surface area contributed by atoms with Crippen LogP contribution in [0, 0.1) is 5.92 Å². The molecule has 2 aromatic rings. The van der Waals surface area contributed by atoms with Crippen LogP contribution in [0.2, 0.25) is 0 Å². The topological polar surface area (TPSA) is 92.8 Å². The molecule has 1 fully saturated rings. The van der Waals surface area contributed by atoms with Gasteiger partial charge in [0.25, 0.3) is 0 Å².